The first-order chi connectivity index (χ1) is 12.8. The second-order valence-electron chi connectivity index (χ2n) is 5.67. The summed E-state index contributed by atoms with van der Waals surface area (Å²) in [6.07, 6.45) is 3.10. The van der Waals surface area contributed by atoms with E-state index < -0.39 is 0 Å². The minimum atomic E-state index is -0.183. The predicted octanol–water partition coefficient (Wildman–Crippen LogP) is 3.76. The van der Waals surface area contributed by atoms with Gasteiger partial charge in [-0.15, -0.1) is 16.4 Å². The van der Waals surface area contributed by atoms with Gasteiger partial charge in [0.2, 0.25) is 0 Å². The molecule has 7 heteroatoms. The lowest BCUT2D eigenvalue weighted by Crippen LogP contribution is -2.30. The highest BCUT2D eigenvalue weighted by Gasteiger charge is 2.21. The molecule has 1 aromatic carbocycles. The minimum Gasteiger partial charge on any atom is -0.467 e. The number of hydrogen-bond acceptors (Lipinski definition) is 5. The number of amides is 1. The Labute approximate surface area is 154 Å². The van der Waals surface area contributed by atoms with Crippen LogP contribution in [0.4, 0.5) is 0 Å². The van der Waals surface area contributed by atoms with Crippen LogP contribution in [0.1, 0.15) is 21.1 Å². The highest BCUT2D eigenvalue weighted by Crippen LogP contribution is 2.17. The van der Waals surface area contributed by atoms with Crippen LogP contribution >= 0.6 is 11.3 Å². The Morgan fingerprint density at radius 3 is 2.69 bits per heavy atom. The summed E-state index contributed by atoms with van der Waals surface area (Å²) in [7, 11) is 0. The standard InChI is InChI=1S/C19H16N4O2S/c24-19(18-12-20-23(21-18)15-6-2-1-3-7-15)22(13-16-8-4-10-25-16)14-17-9-5-11-26-17/h1-12H,13-14H2. The number of hydrogen-bond donors (Lipinski definition) is 0. The maximum atomic E-state index is 13.0. The van der Waals surface area contributed by atoms with E-state index in [0.717, 1.165) is 16.3 Å². The molecule has 0 aliphatic rings. The van der Waals surface area contributed by atoms with Crippen LogP contribution < -0.4 is 0 Å². The number of rotatable bonds is 6. The van der Waals surface area contributed by atoms with Gasteiger partial charge in [-0.2, -0.15) is 9.90 Å². The van der Waals surface area contributed by atoms with Crippen molar-refractivity contribution in [3.63, 3.8) is 0 Å². The average Bonchev–Trinajstić information content (AvgIpc) is 3.44. The molecule has 3 aromatic heterocycles. The molecule has 0 N–H and O–H groups in total. The molecule has 3 heterocycles. The first-order valence-electron chi connectivity index (χ1n) is 8.11. The summed E-state index contributed by atoms with van der Waals surface area (Å²) in [5, 5.41) is 10.6. The van der Waals surface area contributed by atoms with E-state index in [1.165, 1.54) is 11.0 Å². The smallest absolute Gasteiger partial charge is 0.276 e. The first kappa shape index (κ1) is 16.3. The van der Waals surface area contributed by atoms with Crippen molar-refractivity contribution in [2.24, 2.45) is 0 Å². The van der Waals surface area contributed by atoms with E-state index in [2.05, 4.69) is 10.2 Å². The molecule has 0 unspecified atom stereocenters. The Bertz CT molecular complexity index is 926. The van der Waals surface area contributed by atoms with Gasteiger partial charge in [0.15, 0.2) is 5.69 Å². The minimum absolute atomic E-state index is 0.183. The molecule has 0 radical (unpaired) electrons. The van der Waals surface area contributed by atoms with Gasteiger partial charge >= 0.3 is 0 Å². The molecule has 0 saturated carbocycles. The topological polar surface area (TPSA) is 64.2 Å². The van der Waals surface area contributed by atoms with Crippen molar-refractivity contribution >= 4 is 17.2 Å². The molecule has 0 spiro atoms. The van der Waals surface area contributed by atoms with Crippen molar-refractivity contribution in [3.8, 4) is 5.69 Å². The van der Waals surface area contributed by atoms with E-state index in [0.29, 0.717) is 18.8 Å². The fourth-order valence-corrected chi connectivity index (χ4v) is 3.31. The van der Waals surface area contributed by atoms with Crippen LogP contribution in [-0.4, -0.2) is 25.8 Å². The van der Waals surface area contributed by atoms with E-state index in [4.69, 9.17) is 4.42 Å². The summed E-state index contributed by atoms with van der Waals surface area (Å²) in [6.45, 7) is 0.872. The monoisotopic (exact) mass is 364 g/mol. The predicted molar refractivity (Wildman–Crippen MR) is 98.0 cm³/mol. The summed E-state index contributed by atoms with van der Waals surface area (Å²) in [4.78, 5) is 17.3. The Balaban J connectivity index is 1.58. The zero-order valence-corrected chi connectivity index (χ0v) is 14.7. The second-order valence-corrected chi connectivity index (χ2v) is 6.71. The fraction of sp³-hybridized carbons (Fsp3) is 0.105. The van der Waals surface area contributed by atoms with E-state index in [-0.39, 0.29) is 5.91 Å². The van der Waals surface area contributed by atoms with Crippen molar-refractivity contribution in [2.75, 3.05) is 0 Å². The third-order valence-electron chi connectivity index (χ3n) is 3.84. The molecule has 130 valence electrons. The lowest BCUT2D eigenvalue weighted by atomic mass is 10.3. The van der Waals surface area contributed by atoms with Gasteiger partial charge in [0, 0.05) is 4.88 Å². The third-order valence-corrected chi connectivity index (χ3v) is 4.70. The molecule has 0 bridgehead atoms. The molecular weight excluding hydrogens is 348 g/mol. The molecule has 0 saturated heterocycles. The number of thiophene rings is 1. The molecule has 0 fully saturated rings. The highest BCUT2D eigenvalue weighted by molar-refractivity contribution is 7.09. The highest BCUT2D eigenvalue weighted by atomic mass is 32.1. The van der Waals surface area contributed by atoms with E-state index in [1.54, 1.807) is 22.5 Å². The zero-order chi connectivity index (χ0) is 17.8. The lowest BCUT2D eigenvalue weighted by Gasteiger charge is -2.19. The van der Waals surface area contributed by atoms with Gasteiger partial charge in [-0.1, -0.05) is 24.3 Å². The number of nitrogens with zero attached hydrogens (tertiary/aromatic N) is 4. The zero-order valence-electron chi connectivity index (χ0n) is 13.9. The van der Waals surface area contributed by atoms with Crippen molar-refractivity contribution < 1.29 is 9.21 Å². The average molecular weight is 364 g/mol. The second kappa shape index (κ2) is 7.37. The number of carbonyl (C=O) groups is 1. The van der Waals surface area contributed by atoms with Crippen molar-refractivity contribution in [1.82, 2.24) is 19.9 Å². The molecule has 4 aromatic rings. The quantitative estimate of drug-likeness (QED) is 0.522. The normalized spacial score (nSPS) is 10.8. The number of benzene rings is 1. The summed E-state index contributed by atoms with van der Waals surface area (Å²) < 4.78 is 5.41. The Morgan fingerprint density at radius 1 is 1.08 bits per heavy atom. The van der Waals surface area contributed by atoms with Gasteiger partial charge in [-0.25, -0.2) is 0 Å². The maximum absolute atomic E-state index is 13.0. The first-order valence-corrected chi connectivity index (χ1v) is 8.99. The summed E-state index contributed by atoms with van der Waals surface area (Å²) >= 11 is 1.61. The molecule has 4 rings (SSSR count). The largest absolute Gasteiger partial charge is 0.467 e. The Morgan fingerprint density at radius 2 is 1.96 bits per heavy atom. The molecule has 26 heavy (non-hydrogen) atoms. The van der Waals surface area contributed by atoms with Crippen LogP contribution in [0.5, 0.6) is 0 Å². The number of furan rings is 1. The van der Waals surface area contributed by atoms with Gasteiger partial charge in [0.25, 0.3) is 5.91 Å². The van der Waals surface area contributed by atoms with Crippen molar-refractivity contribution in [1.29, 1.82) is 0 Å². The Kier molecular flexibility index (Phi) is 4.61. The molecule has 0 aliphatic carbocycles. The van der Waals surface area contributed by atoms with Gasteiger partial charge in [-0.3, -0.25) is 4.79 Å². The van der Waals surface area contributed by atoms with Crippen LogP contribution in [0, 0.1) is 0 Å². The molecular formula is C19H16N4O2S. The van der Waals surface area contributed by atoms with Gasteiger partial charge in [-0.05, 0) is 35.7 Å². The molecule has 0 aliphatic heterocycles. The van der Waals surface area contributed by atoms with Crippen LogP contribution in [-0.2, 0) is 13.1 Å². The number of aromatic nitrogens is 3. The van der Waals surface area contributed by atoms with Crippen LogP contribution in [0.3, 0.4) is 0 Å². The van der Waals surface area contributed by atoms with Crippen molar-refractivity contribution in [3.05, 3.63) is 88.8 Å². The number of para-hydroxylation sites is 1. The fourth-order valence-electron chi connectivity index (χ4n) is 2.59. The van der Waals surface area contributed by atoms with Gasteiger partial charge < -0.3 is 9.32 Å². The number of carbonyl (C=O) groups excluding carboxylic acids is 1. The SMILES string of the molecule is O=C(c1cnn(-c2ccccc2)n1)N(Cc1ccco1)Cc1cccs1. The van der Waals surface area contributed by atoms with Gasteiger partial charge in [0.05, 0.1) is 31.2 Å². The van der Waals surface area contributed by atoms with Crippen LogP contribution in [0.25, 0.3) is 5.69 Å². The molecule has 6 nitrogen and oxygen atoms in total. The summed E-state index contributed by atoms with van der Waals surface area (Å²) in [5.74, 6) is 0.544. The molecule has 1 amide bonds. The molecule has 0 atom stereocenters. The van der Waals surface area contributed by atoms with E-state index >= 15 is 0 Å². The van der Waals surface area contributed by atoms with E-state index in [9.17, 15) is 4.79 Å². The van der Waals surface area contributed by atoms with Crippen molar-refractivity contribution in [2.45, 2.75) is 13.1 Å². The van der Waals surface area contributed by atoms with E-state index in [1.807, 2.05) is 60.0 Å². The van der Waals surface area contributed by atoms with Crippen LogP contribution in [0.2, 0.25) is 0 Å². The van der Waals surface area contributed by atoms with Gasteiger partial charge in [0.1, 0.15) is 5.76 Å². The summed E-state index contributed by atoms with van der Waals surface area (Å²) in [5.41, 5.74) is 1.11. The Hall–Kier alpha value is -3.19. The third kappa shape index (κ3) is 3.57. The maximum Gasteiger partial charge on any atom is 0.276 e. The lowest BCUT2D eigenvalue weighted by molar-refractivity contribution is 0.0713. The summed E-state index contributed by atoms with van der Waals surface area (Å²) in [6, 6.07) is 17.2. The van der Waals surface area contributed by atoms with Crippen LogP contribution in [0.15, 0.2) is 76.9 Å².